The van der Waals surface area contributed by atoms with Crippen LogP contribution in [0, 0.1) is 0 Å². The van der Waals surface area contributed by atoms with Crippen LogP contribution in [0.3, 0.4) is 0 Å². The van der Waals surface area contributed by atoms with Crippen molar-refractivity contribution < 1.29 is 0 Å². The first-order chi connectivity index (χ1) is 14.8. The molecule has 0 N–H and O–H groups in total. The molecule has 154 valence electrons. The zero-order valence-corrected chi connectivity index (χ0v) is 21.4. The lowest BCUT2D eigenvalue weighted by molar-refractivity contribution is 0.447. The molecule has 1 aromatic heterocycles. The Morgan fingerprint density at radius 1 is 0.806 bits per heavy atom. The van der Waals surface area contributed by atoms with Gasteiger partial charge in [-0.25, -0.2) is 4.68 Å². The van der Waals surface area contributed by atoms with Gasteiger partial charge in [0.25, 0.3) is 0 Å². The van der Waals surface area contributed by atoms with Crippen LogP contribution in [0.25, 0.3) is 11.3 Å². The number of halogens is 2. The van der Waals surface area contributed by atoms with E-state index in [1.165, 1.54) is 37.7 Å². The molecule has 0 unspecified atom stereocenters. The van der Waals surface area contributed by atoms with Crippen molar-refractivity contribution in [2.24, 2.45) is 0 Å². The smallest absolute Gasteiger partial charge is 0.141 e. The molecule has 0 amide bonds. The minimum Gasteiger partial charge on any atom is -0.245 e. The van der Waals surface area contributed by atoms with E-state index < -0.39 is 5.54 Å². The summed E-state index contributed by atoms with van der Waals surface area (Å²) in [6, 6.07) is 24.3. The minimum absolute atomic E-state index is 0.0307. The lowest BCUT2D eigenvalue weighted by Gasteiger charge is -2.39. The summed E-state index contributed by atoms with van der Waals surface area (Å²) >= 11 is 9.33. The molecule has 0 radical (unpaired) electrons. The lowest BCUT2D eigenvalue weighted by atomic mass is 9.77. The summed E-state index contributed by atoms with van der Waals surface area (Å²) in [6.07, 6.45) is 0. The fourth-order valence-electron chi connectivity index (χ4n) is 4.86. The molecule has 5 heteroatoms. The van der Waals surface area contributed by atoms with Gasteiger partial charge in [0.1, 0.15) is 5.54 Å². The largest absolute Gasteiger partial charge is 0.245 e. The molecule has 0 saturated heterocycles. The maximum Gasteiger partial charge on any atom is 0.141 e. The molecular weight excluding hydrogens is 532 g/mol. The van der Waals surface area contributed by atoms with Crippen molar-refractivity contribution in [3.63, 3.8) is 0 Å². The van der Waals surface area contributed by atoms with E-state index in [2.05, 4.69) is 124 Å². The van der Waals surface area contributed by atoms with Gasteiger partial charge in [-0.2, -0.15) is 5.10 Å². The monoisotopic (exact) mass is 550 g/mol. The van der Waals surface area contributed by atoms with Crippen molar-refractivity contribution in [1.82, 2.24) is 9.78 Å². The molecule has 0 saturated carbocycles. The molecule has 2 aliphatic rings. The SMILES string of the molecule is CC(C)(C)c1cc2n(n1)C1(c3cc(Br)ccc3Sc3ccc(Br)cc31)c1ccccc1-2. The van der Waals surface area contributed by atoms with Crippen molar-refractivity contribution in [2.45, 2.75) is 41.5 Å². The van der Waals surface area contributed by atoms with Gasteiger partial charge in [-0.3, -0.25) is 0 Å². The van der Waals surface area contributed by atoms with Crippen LogP contribution < -0.4 is 0 Å². The van der Waals surface area contributed by atoms with Gasteiger partial charge >= 0.3 is 0 Å². The van der Waals surface area contributed by atoms with Crippen molar-refractivity contribution in [2.75, 3.05) is 0 Å². The Balaban J connectivity index is 1.82. The van der Waals surface area contributed by atoms with Gasteiger partial charge in [0.05, 0.1) is 11.4 Å². The second kappa shape index (κ2) is 6.60. The summed E-state index contributed by atoms with van der Waals surface area (Å²) in [5.41, 5.74) is 6.85. The van der Waals surface area contributed by atoms with Gasteiger partial charge in [-0.15, -0.1) is 0 Å². The van der Waals surface area contributed by atoms with Crippen molar-refractivity contribution >= 4 is 43.6 Å². The highest BCUT2D eigenvalue weighted by Crippen LogP contribution is 2.59. The topological polar surface area (TPSA) is 17.8 Å². The highest BCUT2D eigenvalue weighted by molar-refractivity contribution is 9.10. The summed E-state index contributed by atoms with van der Waals surface area (Å²) in [6.45, 7) is 6.69. The standard InChI is InChI=1S/C26H20Br2N2S/c1-25(2,3)24-14-21-17-6-4-5-7-18(17)26(30(21)29-24)19-12-15(27)8-10-22(19)31-23-11-9-16(28)13-20(23)26/h4-14H,1-3H3. The third-order valence-corrected chi connectivity index (χ3v) is 8.41. The second-order valence-corrected chi connectivity index (χ2v) is 12.1. The molecule has 6 rings (SSSR count). The maximum absolute atomic E-state index is 5.29. The van der Waals surface area contributed by atoms with Crippen LogP contribution in [-0.2, 0) is 11.0 Å². The van der Waals surface area contributed by atoms with Crippen LogP contribution in [0.15, 0.2) is 85.5 Å². The molecular formula is C26H20Br2N2S. The van der Waals surface area contributed by atoms with Gasteiger partial charge in [0.15, 0.2) is 0 Å². The molecule has 2 aliphatic heterocycles. The third kappa shape index (κ3) is 2.66. The van der Waals surface area contributed by atoms with E-state index >= 15 is 0 Å². The molecule has 0 atom stereocenters. The number of hydrogen-bond acceptors (Lipinski definition) is 2. The fourth-order valence-corrected chi connectivity index (χ4v) is 6.73. The Kier molecular flexibility index (Phi) is 4.22. The van der Waals surface area contributed by atoms with E-state index in [1.54, 1.807) is 0 Å². The van der Waals surface area contributed by atoms with Crippen LogP contribution in [0.4, 0.5) is 0 Å². The molecule has 2 nitrogen and oxygen atoms in total. The molecule has 31 heavy (non-hydrogen) atoms. The molecule has 0 fully saturated rings. The quantitative estimate of drug-likeness (QED) is 0.190. The van der Waals surface area contributed by atoms with Crippen LogP contribution in [0.5, 0.6) is 0 Å². The summed E-state index contributed by atoms with van der Waals surface area (Å²) in [4.78, 5) is 2.54. The highest BCUT2D eigenvalue weighted by Gasteiger charge is 2.52. The Morgan fingerprint density at radius 2 is 1.42 bits per heavy atom. The van der Waals surface area contributed by atoms with Crippen LogP contribution in [0.2, 0.25) is 0 Å². The molecule has 0 bridgehead atoms. The van der Waals surface area contributed by atoms with Gasteiger partial charge in [-0.05, 0) is 48.0 Å². The Bertz CT molecular complexity index is 1330. The summed E-state index contributed by atoms with van der Waals surface area (Å²) < 4.78 is 4.45. The summed E-state index contributed by atoms with van der Waals surface area (Å²) in [7, 11) is 0. The van der Waals surface area contributed by atoms with E-state index in [0.29, 0.717) is 0 Å². The summed E-state index contributed by atoms with van der Waals surface area (Å²) in [5.74, 6) is 0. The molecule has 0 aliphatic carbocycles. The van der Waals surface area contributed by atoms with E-state index in [0.717, 1.165) is 14.6 Å². The highest BCUT2D eigenvalue weighted by atomic mass is 79.9. The zero-order valence-electron chi connectivity index (χ0n) is 17.4. The number of fused-ring (bicyclic) bond motifs is 9. The lowest BCUT2D eigenvalue weighted by Crippen LogP contribution is -2.38. The zero-order chi connectivity index (χ0) is 21.5. The first-order valence-corrected chi connectivity index (χ1v) is 12.7. The Hall–Kier alpha value is -1.82. The number of nitrogens with zero attached hydrogens (tertiary/aromatic N) is 2. The van der Waals surface area contributed by atoms with Crippen LogP contribution in [0.1, 0.15) is 43.2 Å². The second-order valence-electron chi connectivity index (χ2n) is 9.22. The van der Waals surface area contributed by atoms with E-state index in [1.807, 2.05) is 11.8 Å². The number of benzene rings is 3. The van der Waals surface area contributed by atoms with Gasteiger partial charge in [-0.1, -0.05) is 88.7 Å². The summed E-state index contributed by atoms with van der Waals surface area (Å²) in [5, 5.41) is 5.29. The van der Waals surface area contributed by atoms with E-state index in [9.17, 15) is 0 Å². The minimum atomic E-state index is -0.501. The molecule has 3 aromatic carbocycles. The van der Waals surface area contributed by atoms with Gasteiger partial charge < -0.3 is 0 Å². The number of hydrogen-bond donors (Lipinski definition) is 0. The predicted molar refractivity (Wildman–Crippen MR) is 134 cm³/mol. The third-order valence-electron chi connectivity index (χ3n) is 6.27. The average molecular weight is 552 g/mol. The van der Waals surface area contributed by atoms with Crippen molar-refractivity contribution in [1.29, 1.82) is 0 Å². The van der Waals surface area contributed by atoms with Crippen molar-refractivity contribution in [3.05, 3.63) is 98.1 Å². The maximum atomic E-state index is 5.29. The van der Waals surface area contributed by atoms with E-state index in [-0.39, 0.29) is 5.41 Å². The number of aromatic nitrogens is 2. The molecule has 1 spiro atoms. The molecule has 3 heterocycles. The van der Waals surface area contributed by atoms with Crippen molar-refractivity contribution in [3.8, 4) is 11.3 Å². The average Bonchev–Trinajstić information content (AvgIpc) is 3.28. The normalized spacial score (nSPS) is 15.4. The first kappa shape index (κ1) is 19.8. The predicted octanol–water partition coefficient (Wildman–Crippen LogP) is 7.99. The first-order valence-electron chi connectivity index (χ1n) is 10.3. The molecule has 4 aromatic rings. The number of rotatable bonds is 0. The van der Waals surface area contributed by atoms with Gasteiger partial charge in [0, 0.05) is 40.8 Å². The van der Waals surface area contributed by atoms with Gasteiger partial charge in [0.2, 0.25) is 0 Å². The van der Waals surface area contributed by atoms with Crippen LogP contribution in [-0.4, -0.2) is 9.78 Å². The Labute approximate surface area is 203 Å². The van der Waals surface area contributed by atoms with Crippen LogP contribution >= 0.6 is 43.6 Å². The van der Waals surface area contributed by atoms with E-state index in [4.69, 9.17) is 5.10 Å². The Morgan fingerprint density at radius 3 is 2.03 bits per heavy atom. The fraction of sp³-hybridized carbons (Fsp3) is 0.192.